The van der Waals surface area contributed by atoms with E-state index in [0.29, 0.717) is 7.25 Å². The van der Waals surface area contributed by atoms with Crippen molar-refractivity contribution in [3.8, 4) is 33.4 Å². The van der Waals surface area contributed by atoms with Gasteiger partial charge in [-0.25, -0.2) is 0 Å². The summed E-state index contributed by atoms with van der Waals surface area (Å²) in [4.78, 5) is 0. The molecule has 1 heterocycles. The first kappa shape index (κ1) is 39.4. The molecule has 0 saturated heterocycles. The molecule has 0 amide bonds. The molecule has 0 fully saturated rings. The van der Waals surface area contributed by atoms with E-state index < -0.39 is 31.3 Å². The van der Waals surface area contributed by atoms with Gasteiger partial charge in [0.15, 0.2) is 0 Å². The van der Waals surface area contributed by atoms with Crippen LogP contribution in [0.4, 0.5) is 0 Å². The van der Waals surface area contributed by atoms with Crippen molar-refractivity contribution >= 4 is 35.3 Å². The van der Waals surface area contributed by atoms with Crippen LogP contribution in [-0.2, 0) is 34.6 Å². The second-order valence-electron chi connectivity index (χ2n) is 17.1. The van der Waals surface area contributed by atoms with Crippen molar-refractivity contribution in [3.63, 3.8) is 0 Å². The summed E-state index contributed by atoms with van der Waals surface area (Å²) in [5, 5.41) is 3.41. The molecule has 3 aliphatic rings. The predicted octanol–water partition coefficient (Wildman–Crippen LogP) is 12.9. The third kappa shape index (κ3) is 7.17. The first-order valence-corrected chi connectivity index (χ1v) is 28.0. The summed E-state index contributed by atoms with van der Waals surface area (Å²) < 4.78 is 2.82. The number of rotatable bonds is 15. The van der Waals surface area contributed by atoms with Crippen molar-refractivity contribution in [2.24, 2.45) is 0 Å². The number of benzene rings is 6. The Hall–Kier alpha value is -4.10. The number of fused-ring (bicyclic) bond motifs is 5. The van der Waals surface area contributed by atoms with Gasteiger partial charge in [-0.2, -0.15) is 0 Å². The number of aryl methyl sites for hydroxylation is 2. The van der Waals surface area contributed by atoms with Crippen LogP contribution < -0.4 is 13.6 Å². The van der Waals surface area contributed by atoms with E-state index in [1.165, 1.54) is 88.6 Å². The van der Waals surface area contributed by atoms with Crippen molar-refractivity contribution in [1.82, 2.24) is 0 Å². The molecule has 291 valence electrons. The second kappa shape index (κ2) is 17.6. The molecular weight excluding hydrogens is 792 g/mol. The van der Waals surface area contributed by atoms with Crippen molar-refractivity contribution < 1.29 is 21.8 Å². The summed E-state index contributed by atoms with van der Waals surface area (Å²) >= 11 is -2.86. The van der Waals surface area contributed by atoms with E-state index in [9.17, 15) is 0 Å². The molecule has 2 unspecified atom stereocenters. The first-order chi connectivity index (χ1) is 28.6. The Labute approximate surface area is 359 Å². The summed E-state index contributed by atoms with van der Waals surface area (Å²) in [6, 6.07) is 50.4. The van der Waals surface area contributed by atoms with Gasteiger partial charge in [0.2, 0.25) is 0 Å². The maximum atomic E-state index is 2.73. The number of allylic oxidation sites excluding steroid dienone is 2. The Balaban J connectivity index is 1.30. The molecule has 58 heavy (non-hydrogen) atoms. The number of hydrogen-bond donors (Lipinski definition) is 0. The fourth-order valence-electron chi connectivity index (χ4n) is 10.8. The monoisotopic (exact) mass is 849 g/mol. The number of unbranched alkanes of at least 4 members (excludes halogenated alkanes) is 2. The van der Waals surface area contributed by atoms with Crippen LogP contribution in [0.25, 0.3) is 45.5 Å². The van der Waals surface area contributed by atoms with E-state index in [1.807, 2.05) is 3.27 Å². The first-order valence-electron chi connectivity index (χ1n) is 22.6. The van der Waals surface area contributed by atoms with Gasteiger partial charge < -0.3 is 0 Å². The third-order valence-electron chi connectivity index (χ3n) is 13.4. The van der Waals surface area contributed by atoms with Crippen LogP contribution in [0.5, 0.6) is 0 Å². The molecule has 0 spiro atoms. The third-order valence-corrected chi connectivity index (χ3v) is 25.5. The fourth-order valence-corrected chi connectivity index (χ4v) is 24.8. The average molecular weight is 851 g/mol. The van der Waals surface area contributed by atoms with Gasteiger partial charge in [-0.05, 0) is 0 Å². The van der Waals surface area contributed by atoms with Crippen molar-refractivity contribution in [2.75, 3.05) is 0 Å². The standard InChI is InChI=1S/2C22H25.C12H9Si.Zr/c2*1-3-5-10-17-15-19-12-8-14-21(22(19)16-17)20-13-7-6-11-18(20)9-4-2;1-3-7-11-9(5-1)10-6-2-4-8-12(10)13-11;/h2*6-8,11-16H,3-5,9-10H2,1-2H3;1-7H,13H2;. The molecular formula is C56H59SiZr. The zero-order valence-corrected chi connectivity index (χ0v) is 39.1. The van der Waals surface area contributed by atoms with E-state index >= 15 is 0 Å². The molecule has 0 radical (unpaired) electrons. The van der Waals surface area contributed by atoms with Crippen LogP contribution in [0.2, 0.25) is 0 Å². The predicted molar refractivity (Wildman–Crippen MR) is 252 cm³/mol. The van der Waals surface area contributed by atoms with Crippen LogP contribution in [0.1, 0.15) is 120 Å². The Bertz CT molecular complexity index is 2390. The Morgan fingerprint density at radius 1 is 0.431 bits per heavy atom. The fraction of sp³-hybridized carbons (Fsp3) is 0.286. The molecule has 6 aromatic carbocycles. The second-order valence-corrected chi connectivity index (χ2v) is 25.3. The summed E-state index contributed by atoms with van der Waals surface area (Å²) in [6.45, 7) is 9.40. The van der Waals surface area contributed by atoms with Crippen molar-refractivity contribution in [1.29, 1.82) is 0 Å². The SMILES string of the molecule is CCCCC1=Cc2c(-c3ccccc3CCC)cccc2[CH]1[Zr]([c]1cccc2c1[SiH2]c1ccccc1-2)[CH]1C(CCCC)=Cc2c(-c3ccccc3CCC)cccc21. The van der Waals surface area contributed by atoms with Gasteiger partial charge in [0.1, 0.15) is 0 Å². The normalized spacial score (nSPS) is 16.5. The van der Waals surface area contributed by atoms with Gasteiger partial charge in [-0.15, -0.1) is 0 Å². The summed E-state index contributed by atoms with van der Waals surface area (Å²) in [6.07, 6.45) is 17.4. The topological polar surface area (TPSA) is 0 Å². The molecule has 0 aromatic heterocycles. The molecule has 6 aromatic rings. The van der Waals surface area contributed by atoms with Crippen LogP contribution in [0.3, 0.4) is 0 Å². The summed E-state index contributed by atoms with van der Waals surface area (Å²) in [5.41, 5.74) is 21.6. The molecule has 1 aliphatic heterocycles. The minimum atomic E-state index is -2.86. The van der Waals surface area contributed by atoms with E-state index in [1.54, 1.807) is 38.2 Å². The molecule has 9 rings (SSSR count). The van der Waals surface area contributed by atoms with E-state index in [-0.39, 0.29) is 0 Å². The summed E-state index contributed by atoms with van der Waals surface area (Å²) in [7, 11) is -0.614. The molecule has 2 heteroatoms. The average Bonchev–Trinajstić information content (AvgIpc) is 3.95. The van der Waals surface area contributed by atoms with Gasteiger partial charge in [-0.1, -0.05) is 0 Å². The van der Waals surface area contributed by atoms with Crippen LogP contribution in [0, 0.1) is 0 Å². The Kier molecular flexibility index (Phi) is 12.0. The molecule has 0 bridgehead atoms. The zero-order valence-electron chi connectivity index (χ0n) is 35.2. The minimum absolute atomic E-state index is 0.503. The maximum absolute atomic E-state index is 2.86. The molecule has 2 atom stereocenters. The quantitative estimate of drug-likeness (QED) is 0.0902. The zero-order chi connectivity index (χ0) is 39.6. The van der Waals surface area contributed by atoms with Gasteiger partial charge in [0.05, 0.1) is 0 Å². The van der Waals surface area contributed by atoms with Crippen LogP contribution in [0.15, 0.2) is 139 Å². The van der Waals surface area contributed by atoms with E-state index in [4.69, 9.17) is 0 Å². The molecule has 0 saturated carbocycles. The van der Waals surface area contributed by atoms with Gasteiger partial charge >= 0.3 is 362 Å². The van der Waals surface area contributed by atoms with Crippen molar-refractivity contribution in [3.05, 3.63) is 172 Å². The number of hydrogen-bond acceptors (Lipinski definition) is 0. The van der Waals surface area contributed by atoms with Crippen molar-refractivity contribution in [2.45, 2.75) is 99.2 Å². The molecule has 0 nitrogen and oxygen atoms in total. The van der Waals surface area contributed by atoms with E-state index in [0.717, 1.165) is 25.7 Å². The Morgan fingerprint density at radius 2 is 0.897 bits per heavy atom. The Morgan fingerprint density at radius 3 is 1.43 bits per heavy atom. The van der Waals surface area contributed by atoms with Gasteiger partial charge in [0.25, 0.3) is 0 Å². The summed E-state index contributed by atoms with van der Waals surface area (Å²) in [5.74, 6) is 0. The van der Waals surface area contributed by atoms with Crippen LogP contribution in [-0.4, -0.2) is 9.52 Å². The molecule has 2 aliphatic carbocycles. The van der Waals surface area contributed by atoms with Gasteiger partial charge in [-0.3, -0.25) is 0 Å². The van der Waals surface area contributed by atoms with E-state index in [2.05, 4.69) is 167 Å². The molecule has 0 N–H and O–H groups in total. The van der Waals surface area contributed by atoms with Crippen LogP contribution >= 0.6 is 0 Å². The van der Waals surface area contributed by atoms with Gasteiger partial charge in [0, 0.05) is 0 Å².